The van der Waals surface area contributed by atoms with Crippen LogP contribution in [0.2, 0.25) is 0 Å². The fraction of sp³-hybridized carbons (Fsp3) is 0.400. The number of fused-ring (bicyclic) bond motifs is 3. The molecule has 0 radical (unpaired) electrons. The first-order valence-electron chi connectivity index (χ1n) is 10.9. The summed E-state index contributed by atoms with van der Waals surface area (Å²) in [5.41, 5.74) is 3.13. The summed E-state index contributed by atoms with van der Waals surface area (Å²) >= 11 is 0. The summed E-state index contributed by atoms with van der Waals surface area (Å²) in [4.78, 5) is 38.2. The maximum Gasteiger partial charge on any atom is 0.407 e. The van der Waals surface area contributed by atoms with Crippen LogP contribution in [0.15, 0.2) is 48.5 Å². The van der Waals surface area contributed by atoms with Crippen molar-refractivity contribution >= 4 is 18.0 Å². The summed E-state index contributed by atoms with van der Waals surface area (Å²) in [6.07, 6.45) is -1.53. The van der Waals surface area contributed by atoms with Crippen molar-refractivity contribution in [1.82, 2.24) is 10.2 Å². The molecule has 3 rings (SSSR count). The standard InChI is InChI=1S/C25H30N2O7/c1-25(14-28,15-33-3)27(2)23(31)21(12-22(29)30)26-24(32)34-13-20-18-10-6-4-8-16(18)17-9-5-7-11-19(17)20/h4-11,20-21,28H,12-15H2,1-3H3,(H,26,32)(H,29,30). The summed E-state index contributed by atoms with van der Waals surface area (Å²) in [5.74, 6) is -2.11. The smallest absolute Gasteiger partial charge is 0.407 e. The lowest BCUT2D eigenvalue weighted by Gasteiger charge is -2.38. The van der Waals surface area contributed by atoms with Crippen LogP contribution in [0.5, 0.6) is 0 Å². The van der Waals surface area contributed by atoms with Crippen LogP contribution in [0, 0.1) is 0 Å². The average Bonchev–Trinajstić information content (AvgIpc) is 3.15. The number of methoxy groups -OCH3 is 1. The normalized spacial score (nSPS) is 14.9. The number of amides is 2. The lowest BCUT2D eigenvalue weighted by molar-refractivity contribution is -0.146. The van der Waals surface area contributed by atoms with E-state index >= 15 is 0 Å². The van der Waals surface area contributed by atoms with E-state index in [1.807, 2.05) is 48.5 Å². The van der Waals surface area contributed by atoms with Gasteiger partial charge in [0, 0.05) is 20.1 Å². The number of hydrogen-bond acceptors (Lipinski definition) is 6. The van der Waals surface area contributed by atoms with E-state index in [4.69, 9.17) is 9.47 Å². The van der Waals surface area contributed by atoms with Crippen LogP contribution < -0.4 is 5.32 Å². The van der Waals surface area contributed by atoms with E-state index in [2.05, 4.69) is 5.32 Å². The van der Waals surface area contributed by atoms with Crippen LogP contribution in [0.25, 0.3) is 11.1 Å². The van der Waals surface area contributed by atoms with E-state index < -0.39 is 42.6 Å². The number of nitrogens with zero attached hydrogens (tertiary/aromatic N) is 1. The Bertz CT molecular complexity index is 1010. The fourth-order valence-electron chi connectivity index (χ4n) is 4.22. The molecule has 2 atom stereocenters. The SMILES string of the molecule is COCC(C)(CO)N(C)C(=O)C(CC(=O)O)NC(=O)OCC1c2ccccc2-c2ccccc21. The molecule has 2 amide bonds. The summed E-state index contributed by atoms with van der Waals surface area (Å²) in [7, 11) is 2.85. The molecule has 0 saturated heterocycles. The second-order valence-electron chi connectivity index (χ2n) is 8.61. The van der Waals surface area contributed by atoms with Gasteiger partial charge in [0.25, 0.3) is 0 Å². The molecule has 1 aliphatic rings. The number of carbonyl (C=O) groups excluding carboxylic acids is 2. The zero-order valence-electron chi connectivity index (χ0n) is 19.5. The Morgan fingerprint density at radius 1 is 1.09 bits per heavy atom. The third-order valence-electron chi connectivity index (χ3n) is 6.25. The summed E-state index contributed by atoms with van der Waals surface area (Å²) in [6, 6.07) is 14.4. The molecule has 0 aromatic heterocycles. The molecule has 0 bridgehead atoms. The number of carboxylic acid groups (broad SMARTS) is 1. The van der Waals surface area contributed by atoms with Gasteiger partial charge in [-0.2, -0.15) is 0 Å². The predicted octanol–water partition coefficient (Wildman–Crippen LogP) is 2.22. The van der Waals surface area contributed by atoms with Gasteiger partial charge in [-0.3, -0.25) is 9.59 Å². The van der Waals surface area contributed by atoms with E-state index in [9.17, 15) is 24.6 Å². The Balaban J connectivity index is 1.71. The minimum atomic E-state index is -1.37. The first-order valence-corrected chi connectivity index (χ1v) is 10.9. The molecule has 0 fully saturated rings. The number of aliphatic hydroxyl groups excluding tert-OH is 1. The number of likely N-dealkylation sites (N-methyl/N-ethyl adjacent to an activating group) is 1. The Morgan fingerprint density at radius 3 is 2.15 bits per heavy atom. The molecule has 2 aromatic carbocycles. The number of carboxylic acids is 1. The maximum atomic E-state index is 13.0. The zero-order chi connectivity index (χ0) is 24.9. The van der Waals surface area contributed by atoms with Crippen LogP contribution in [0.4, 0.5) is 4.79 Å². The summed E-state index contributed by atoms with van der Waals surface area (Å²) in [6.45, 7) is 1.24. The number of rotatable bonds is 10. The minimum Gasteiger partial charge on any atom is -0.481 e. The van der Waals surface area contributed by atoms with Crippen molar-refractivity contribution in [3.63, 3.8) is 0 Å². The molecule has 9 heteroatoms. The molecular formula is C25H30N2O7. The quantitative estimate of drug-likeness (QED) is 0.486. The maximum absolute atomic E-state index is 13.0. The highest BCUT2D eigenvalue weighted by Crippen LogP contribution is 2.44. The van der Waals surface area contributed by atoms with Crippen molar-refractivity contribution in [3.8, 4) is 11.1 Å². The molecule has 34 heavy (non-hydrogen) atoms. The average molecular weight is 471 g/mol. The third-order valence-corrected chi connectivity index (χ3v) is 6.25. The number of alkyl carbamates (subject to hydrolysis) is 1. The van der Waals surface area contributed by atoms with Crippen molar-refractivity contribution in [2.75, 3.05) is 34.0 Å². The first kappa shape index (κ1) is 25.2. The van der Waals surface area contributed by atoms with Crippen LogP contribution in [0.1, 0.15) is 30.4 Å². The number of hydrogen-bond donors (Lipinski definition) is 3. The van der Waals surface area contributed by atoms with Crippen molar-refractivity contribution in [2.45, 2.75) is 30.8 Å². The largest absolute Gasteiger partial charge is 0.481 e. The highest BCUT2D eigenvalue weighted by molar-refractivity contribution is 5.89. The van der Waals surface area contributed by atoms with E-state index in [1.54, 1.807) is 6.92 Å². The number of carbonyl (C=O) groups is 3. The topological polar surface area (TPSA) is 125 Å². The van der Waals surface area contributed by atoms with Gasteiger partial charge >= 0.3 is 12.1 Å². The van der Waals surface area contributed by atoms with Crippen molar-refractivity contribution in [3.05, 3.63) is 59.7 Å². The van der Waals surface area contributed by atoms with Gasteiger partial charge in [-0.1, -0.05) is 48.5 Å². The van der Waals surface area contributed by atoms with Gasteiger partial charge in [0.1, 0.15) is 12.6 Å². The highest BCUT2D eigenvalue weighted by Gasteiger charge is 2.37. The van der Waals surface area contributed by atoms with Gasteiger partial charge in [-0.05, 0) is 29.2 Å². The second-order valence-corrected chi connectivity index (χ2v) is 8.61. The second kappa shape index (κ2) is 10.7. The van der Waals surface area contributed by atoms with Gasteiger partial charge < -0.3 is 29.9 Å². The van der Waals surface area contributed by atoms with Crippen LogP contribution in [-0.4, -0.2) is 78.6 Å². The van der Waals surface area contributed by atoms with E-state index in [0.29, 0.717) is 0 Å². The Morgan fingerprint density at radius 2 is 1.65 bits per heavy atom. The monoisotopic (exact) mass is 470 g/mol. The molecule has 9 nitrogen and oxygen atoms in total. The van der Waals surface area contributed by atoms with Crippen molar-refractivity contribution < 1.29 is 34.1 Å². The predicted molar refractivity (Wildman–Crippen MR) is 124 cm³/mol. The van der Waals surface area contributed by atoms with Crippen LogP contribution >= 0.6 is 0 Å². The molecular weight excluding hydrogens is 440 g/mol. The van der Waals surface area contributed by atoms with Crippen LogP contribution in [-0.2, 0) is 19.1 Å². The fourth-order valence-corrected chi connectivity index (χ4v) is 4.22. The minimum absolute atomic E-state index is 0.0243. The van der Waals surface area contributed by atoms with Gasteiger partial charge in [-0.25, -0.2) is 4.79 Å². The van der Waals surface area contributed by atoms with Gasteiger partial charge in [0.2, 0.25) is 5.91 Å². The van der Waals surface area contributed by atoms with E-state index in [1.165, 1.54) is 19.1 Å². The molecule has 3 N–H and O–H groups in total. The molecule has 2 aromatic rings. The molecule has 2 unspecified atom stereocenters. The van der Waals surface area contributed by atoms with Gasteiger partial charge in [0.15, 0.2) is 0 Å². The Labute approximate surface area is 198 Å². The molecule has 1 aliphatic carbocycles. The molecule has 0 saturated carbocycles. The molecule has 0 aliphatic heterocycles. The van der Waals surface area contributed by atoms with Crippen LogP contribution in [0.3, 0.4) is 0 Å². The number of nitrogens with one attached hydrogen (secondary N) is 1. The van der Waals surface area contributed by atoms with Crippen molar-refractivity contribution in [2.24, 2.45) is 0 Å². The summed E-state index contributed by atoms with van der Waals surface area (Å²) in [5, 5.41) is 21.4. The molecule has 0 heterocycles. The Hall–Kier alpha value is -3.43. The summed E-state index contributed by atoms with van der Waals surface area (Å²) < 4.78 is 10.5. The van der Waals surface area contributed by atoms with Gasteiger partial charge in [0.05, 0.1) is 25.2 Å². The van der Waals surface area contributed by atoms with Gasteiger partial charge in [-0.15, -0.1) is 0 Å². The number of benzene rings is 2. The number of ether oxygens (including phenoxy) is 2. The zero-order valence-corrected chi connectivity index (χ0v) is 19.5. The highest BCUT2D eigenvalue weighted by atomic mass is 16.5. The lowest BCUT2D eigenvalue weighted by atomic mass is 9.98. The third kappa shape index (κ3) is 5.21. The Kier molecular flexibility index (Phi) is 7.90. The molecule has 0 spiro atoms. The molecule has 182 valence electrons. The number of aliphatic carboxylic acids is 1. The van der Waals surface area contributed by atoms with E-state index in [-0.39, 0.29) is 19.1 Å². The lowest BCUT2D eigenvalue weighted by Crippen LogP contribution is -2.59. The number of aliphatic hydroxyl groups is 1. The van der Waals surface area contributed by atoms with Crippen molar-refractivity contribution in [1.29, 1.82) is 0 Å². The first-order chi connectivity index (χ1) is 16.2. The van der Waals surface area contributed by atoms with E-state index in [0.717, 1.165) is 22.3 Å².